The fourth-order valence-corrected chi connectivity index (χ4v) is 3.96. The average Bonchev–Trinajstić information content (AvgIpc) is 2.62. The number of rotatable bonds is 6. The number of alkyl halides is 3. The standard InChI is InChI=1S/C20H21F4NO5/c1-10-14(17(26)27)19(8-9-30-4,15(18(28)29)11(2)25(10)3)12-6-5-7-13(16(12)21)20(22,23)24/h5-7H,8-9H2,1-4H3,(H,26,27)(H,28,29)/p-2. The Morgan fingerprint density at radius 3 is 2.00 bits per heavy atom. The maximum atomic E-state index is 15.2. The minimum Gasteiger partial charge on any atom is -0.545 e. The van der Waals surface area contributed by atoms with Gasteiger partial charge in [0.1, 0.15) is 5.82 Å². The van der Waals surface area contributed by atoms with Crippen molar-refractivity contribution in [1.29, 1.82) is 0 Å². The zero-order valence-electron chi connectivity index (χ0n) is 16.6. The Balaban J connectivity index is 3.10. The topological polar surface area (TPSA) is 92.7 Å². The lowest BCUT2D eigenvalue weighted by molar-refractivity contribution is -0.301. The number of carbonyl (C=O) groups excluding carboxylic acids is 2. The van der Waals surface area contributed by atoms with Gasteiger partial charge in [0.25, 0.3) is 0 Å². The Hall–Kier alpha value is -2.88. The molecule has 164 valence electrons. The molecule has 1 aromatic rings. The predicted molar refractivity (Wildman–Crippen MR) is 92.8 cm³/mol. The number of benzene rings is 1. The number of hydrogen-bond donors (Lipinski definition) is 0. The lowest BCUT2D eigenvalue weighted by atomic mass is 9.63. The molecule has 0 radical (unpaired) electrons. The molecular weight excluding hydrogens is 410 g/mol. The minimum atomic E-state index is -5.09. The summed E-state index contributed by atoms with van der Waals surface area (Å²) >= 11 is 0. The van der Waals surface area contributed by atoms with Crippen LogP contribution in [0.5, 0.6) is 0 Å². The van der Waals surface area contributed by atoms with Crippen LogP contribution in [0.1, 0.15) is 31.4 Å². The van der Waals surface area contributed by atoms with E-state index in [1.807, 2.05) is 0 Å². The van der Waals surface area contributed by atoms with Crippen LogP contribution in [0.25, 0.3) is 0 Å². The van der Waals surface area contributed by atoms with E-state index in [1.165, 1.54) is 32.9 Å². The smallest absolute Gasteiger partial charge is 0.419 e. The molecular formula is C20H19F4NO5-2. The molecule has 0 saturated carbocycles. The van der Waals surface area contributed by atoms with Gasteiger partial charge in [-0.15, -0.1) is 0 Å². The van der Waals surface area contributed by atoms with Crippen LogP contribution in [-0.4, -0.2) is 37.6 Å². The molecule has 0 fully saturated rings. The number of allylic oxidation sites excluding steroid dienone is 2. The first-order valence-corrected chi connectivity index (χ1v) is 8.76. The van der Waals surface area contributed by atoms with E-state index in [0.29, 0.717) is 6.07 Å². The third-order valence-corrected chi connectivity index (χ3v) is 5.44. The van der Waals surface area contributed by atoms with Gasteiger partial charge in [0.2, 0.25) is 0 Å². The van der Waals surface area contributed by atoms with Crippen LogP contribution in [0, 0.1) is 5.82 Å². The number of carboxylic acid groups (broad SMARTS) is 2. The van der Waals surface area contributed by atoms with E-state index in [9.17, 15) is 33.0 Å². The van der Waals surface area contributed by atoms with Crippen LogP contribution >= 0.6 is 0 Å². The summed E-state index contributed by atoms with van der Waals surface area (Å²) in [6.45, 7) is 2.37. The molecule has 1 heterocycles. The van der Waals surface area contributed by atoms with E-state index in [4.69, 9.17) is 4.74 Å². The van der Waals surface area contributed by atoms with Crippen molar-refractivity contribution in [3.63, 3.8) is 0 Å². The molecule has 0 saturated heterocycles. The van der Waals surface area contributed by atoms with Crippen LogP contribution in [0.15, 0.2) is 40.7 Å². The Morgan fingerprint density at radius 2 is 1.60 bits per heavy atom. The largest absolute Gasteiger partial charge is 0.545 e. The number of aliphatic carboxylic acids is 2. The fraction of sp³-hybridized carbons (Fsp3) is 0.400. The van der Waals surface area contributed by atoms with Crippen molar-refractivity contribution in [3.05, 3.63) is 57.7 Å². The van der Waals surface area contributed by atoms with E-state index < -0.39 is 58.0 Å². The SMILES string of the molecule is COCCC1(c2cccc(C(F)(F)F)c2F)C(C(=O)[O-])=C(C)N(C)C(C)=C1C(=O)[O-]. The summed E-state index contributed by atoms with van der Waals surface area (Å²) in [5, 5.41) is 24.2. The van der Waals surface area contributed by atoms with Gasteiger partial charge in [-0.1, -0.05) is 12.1 Å². The van der Waals surface area contributed by atoms with E-state index >= 15 is 4.39 Å². The lowest BCUT2D eigenvalue weighted by Crippen LogP contribution is -2.51. The Bertz CT molecular complexity index is 911. The number of hydrogen-bond acceptors (Lipinski definition) is 6. The molecule has 10 heteroatoms. The summed E-state index contributed by atoms with van der Waals surface area (Å²) in [6, 6.07) is 2.30. The molecule has 1 aromatic carbocycles. The second-order valence-corrected chi connectivity index (χ2v) is 6.87. The number of nitrogens with zero attached hydrogens (tertiary/aromatic N) is 1. The number of ether oxygens (including phenoxy) is 1. The highest BCUT2D eigenvalue weighted by Crippen LogP contribution is 2.50. The molecule has 0 aromatic heterocycles. The Labute approximate surface area is 170 Å². The van der Waals surface area contributed by atoms with E-state index in [0.717, 1.165) is 12.1 Å². The van der Waals surface area contributed by atoms with E-state index in [2.05, 4.69) is 0 Å². The van der Waals surface area contributed by atoms with Gasteiger partial charge in [0.15, 0.2) is 0 Å². The van der Waals surface area contributed by atoms with E-state index in [1.54, 1.807) is 0 Å². The molecule has 1 aliphatic rings. The highest BCUT2D eigenvalue weighted by molar-refractivity contribution is 5.99. The van der Waals surface area contributed by atoms with Gasteiger partial charge in [-0.2, -0.15) is 13.2 Å². The van der Waals surface area contributed by atoms with Crippen molar-refractivity contribution < 1.29 is 42.1 Å². The quantitative estimate of drug-likeness (QED) is 0.630. The Morgan fingerprint density at radius 1 is 1.10 bits per heavy atom. The first-order valence-electron chi connectivity index (χ1n) is 8.76. The number of methoxy groups -OCH3 is 1. The van der Waals surface area contributed by atoms with Crippen LogP contribution in [0.3, 0.4) is 0 Å². The summed E-state index contributed by atoms with van der Waals surface area (Å²) in [7, 11) is 2.61. The summed E-state index contributed by atoms with van der Waals surface area (Å²) in [6.07, 6.45) is -5.56. The maximum absolute atomic E-state index is 15.2. The van der Waals surface area contributed by atoms with Crippen LogP contribution in [0.4, 0.5) is 17.6 Å². The van der Waals surface area contributed by atoms with Crippen molar-refractivity contribution >= 4 is 11.9 Å². The van der Waals surface area contributed by atoms with Crippen molar-refractivity contribution in [2.45, 2.75) is 31.9 Å². The van der Waals surface area contributed by atoms with Gasteiger partial charge in [0.05, 0.1) is 22.9 Å². The summed E-state index contributed by atoms with van der Waals surface area (Å²) < 4.78 is 60.2. The summed E-state index contributed by atoms with van der Waals surface area (Å²) in [4.78, 5) is 25.5. The highest BCUT2D eigenvalue weighted by atomic mass is 19.4. The number of carbonyl (C=O) groups is 2. The normalized spacial score (nSPS) is 16.9. The molecule has 0 bridgehead atoms. The lowest BCUT2D eigenvalue weighted by Gasteiger charge is -2.47. The fourth-order valence-electron chi connectivity index (χ4n) is 3.96. The molecule has 6 nitrogen and oxygen atoms in total. The molecule has 0 N–H and O–H groups in total. The average molecular weight is 429 g/mol. The zero-order chi connectivity index (χ0) is 23.0. The summed E-state index contributed by atoms with van der Waals surface area (Å²) in [5.41, 5.74) is -6.12. The summed E-state index contributed by atoms with van der Waals surface area (Å²) in [5.74, 6) is -5.47. The van der Waals surface area contributed by atoms with Crippen molar-refractivity contribution in [2.75, 3.05) is 20.8 Å². The van der Waals surface area contributed by atoms with E-state index in [-0.39, 0.29) is 18.0 Å². The third kappa shape index (κ3) is 3.55. The molecule has 1 aliphatic heterocycles. The predicted octanol–water partition coefficient (Wildman–Crippen LogP) is 1.11. The van der Waals surface area contributed by atoms with Crippen molar-refractivity contribution in [1.82, 2.24) is 4.90 Å². The molecule has 2 rings (SSSR count). The third-order valence-electron chi connectivity index (χ3n) is 5.44. The first kappa shape index (κ1) is 23.4. The van der Waals surface area contributed by atoms with Gasteiger partial charge in [-0.05, 0) is 26.3 Å². The van der Waals surface area contributed by atoms with Crippen molar-refractivity contribution in [3.8, 4) is 0 Å². The number of halogens is 4. The maximum Gasteiger partial charge on any atom is 0.419 e. The van der Waals surface area contributed by atoms with Gasteiger partial charge in [0, 0.05) is 48.9 Å². The molecule has 0 atom stereocenters. The molecule has 0 unspecified atom stereocenters. The second-order valence-electron chi connectivity index (χ2n) is 6.87. The minimum absolute atomic E-state index is 0.00888. The van der Waals surface area contributed by atoms with Crippen LogP contribution in [0.2, 0.25) is 0 Å². The van der Waals surface area contributed by atoms with Crippen LogP contribution in [-0.2, 0) is 25.9 Å². The molecule has 0 spiro atoms. The molecule has 0 amide bonds. The molecule has 30 heavy (non-hydrogen) atoms. The molecule has 0 aliphatic carbocycles. The van der Waals surface area contributed by atoms with Gasteiger partial charge in [-0.25, -0.2) is 4.39 Å². The first-order chi connectivity index (χ1) is 13.8. The zero-order valence-corrected chi connectivity index (χ0v) is 16.6. The number of carboxylic acids is 2. The monoisotopic (exact) mass is 429 g/mol. The van der Waals surface area contributed by atoms with Gasteiger partial charge in [-0.3, -0.25) is 0 Å². The highest BCUT2D eigenvalue weighted by Gasteiger charge is 2.49. The Kier molecular flexibility index (Phi) is 6.31. The van der Waals surface area contributed by atoms with Gasteiger partial charge < -0.3 is 29.4 Å². The second kappa shape index (κ2) is 8.10. The van der Waals surface area contributed by atoms with Gasteiger partial charge >= 0.3 is 6.18 Å². The van der Waals surface area contributed by atoms with Crippen LogP contribution < -0.4 is 10.2 Å². The van der Waals surface area contributed by atoms with Crippen molar-refractivity contribution in [2.24, 2.45) is 0 Å².